The molecule has 1 aromatic carbocycles. The number of rotatable bonds is 4. The highest BCUT2D eigenvalue weighted by atomic mass is 35.5. The molecule has 0 radical (unpaired) electrons. The van der Waals surface area contributed by atoms with Crippen molar-refractivity contribution in [3.8, 4) is 11.5 Å². The van der Waals surface area contributed by atoms with Gasteiger partial charge in [-0.2, -0.15) is 0 Å². The highest BCUT2D eigenvalue weighted by Crippen LogP contribution is 2.52. The van der Waals surface area contributed by atoms with Crippen LogP contribution in [0.5, 0.6) is 0 Å². The fourth-order valence-electron chi connectivity index (χ4n) is 4.96. The molecule has 2 fully saturated rings. The van der Waals surface area contributed by atoms with E-state index in [-0.39, 0.29) is 11.3 Å². The topological polar surface area (TPSA) is 59.2 Å². The van der Waals surface area contributed by atoms with Gasteiger partial charge in [0, 0.05) is 23.2 Å². The number of fused-ring (bicyclic) bond motifs is 2. The lowest BCUT2D eigenvalue weighted by Crippen LogP contribution is -2.38. The third-order valence-electron chi connectivity index (χ3n) is 5.53. The van der Waals surface area contributed by atoms with Crippen LogP contribution in [-0.2, 0) is 4.79 Å². The highest BCUT2D eigenvalue weighted by molar-refractivity contribution is 7.99. The van der Waals surface area contributed by atoms with E-state index in [1.165, 1.54) is 18.2 Å². The zero-order valence-corrected chi connectivity index (χ0v) is 17.4. The average Bonchev–Trinajstić information content (AvgIpc) is 3.14. The summed E-state index contributed by atoms with van der Waals surface area (Å²) in [6.07, 6.45) is 3.38. The van der Waals surface area contributed by atoms with Crippen LogP contribution in [0.4, 0.5) is 0 Å². The van der Waals surface area contributed by atoms with Crippen LogP contribution < -0.4 is 0 Å². The average molecular weight is 406 g/mol. The predicted octanol–water partition coefficient (Wildman–Crippen LogP) is 4.91. The first-order valence-electron chi connectivity index (χ1n) is 9.25. The lowest BCUT2D eigenvalue weighted by Gasteiger charge is -2.39. The quantitative estimate of drug-likeness (QED) is 0.676. The predicted molar refractivity (Wildman–Crippen MR) is 107 cm³/mol. The maximum absolute atomic E-state index is 12.8. The van der Waals surface area contributed by atoms with E-state index >= 15 is 0 Å². The van der Waals surface area contributed by atoms with Crippen molar-refractivity contribution >= 4 is 29.3 Å². The highest BCUT2D eigenvalue weighted by Gasteiger charge is 2.50. The van der Waals surface area contributed by atoms with Crippen LogP contribution in [0.1, 0.15) is 40.0 Å². The van der Waals surface area contributed by atoms with Crippen LogP contribution in [0.15, 0.2) is 33.9 Å². The summed E-state index contributed by atoms with van der Waals surface area (Å²) in [4.78, 5) is 14.9. The molecular formula is C20H24ClN3O2S. The number of likely N-dealkylation sites (tertiary alicyclic amines) is 1. The van der Waals surface area contributed by atoms with E-state index < -0.39 is 0 Å². The van der Waals surface area contributed by atoms with Crippen molar-refractivity contribution in [2.24, 2.45) is 10.8 Å². The maximum Gasteiger partial charge on any atom is 0.277 e. The number of thioether (sulfide) groups is 1. The zero-order valence-electron chi connectivity index (χ0n) is 15.9. The van der Waals surface area contributed by atoms with E-state index in [0.29, 0.717) is 33.3 Å². The number of aromatic nitrogens is 2. The van der Waals surface area contributed by atoms with Gasteiger partial charge in [-0.3, -0.25) is 4.79 Å². The standard InChI is InChI=1S/C20H24ClN3O2S/c1-19(2)8-15-9-20(3,11-19)12-24(15)16(25)10-27-18-23-22-17(26-18)13-5-4-6-14(21)7-13/h4-7,15H,8-12H2,1-3H3/t15-,20-/m1/s1. The fraction of sp³-hybridized carbons (Fsp3) is 0.550. The Labute approximate surface area is 168 Å². The molecule has 1 aromatic heterocycles. The summed E-state index contributed by atoms with van der Waals surface area (Å²) in [5.41, 5.74) is 1.33. The SMILES string of the molecule is CC1(C)C[C@@H]2C[C@@](C)(CN2C(=O)CSc2nnc(-c3cccc(Cl)c3)o2)C1. The molecule has 2 bridgehead atoms. The second-order valence-corrected chi connectivity index (χ2v) is 10.3. The summed E-state index contributed by atoms with van der Waals surface area (Å²) < 4.78 is 5.69. The summed E-state index contributed by atoms with van der Waals surface area (Å²) in [5, 5.41) is 9.15. The first-order chi connectivity index (χ1) is 12.7. The number of hydrogen-bond donors (Lipinski definition) is 0. The Morgan fingerprint density at radius 3 is 2.93 bits per heavy atom. The summed E-state index contributed by atoms with van der Waals surface area (Å²) >= 11 is 7.31. The number of carbonyl (C=O) groups excluding carboxylic acids is 1. The molecule has 0 unspecified atom stereocenters. The number of carbonyl (C=O) groups is 1. The van der Waals surface area contributed by atoms with E-state index in [0.717, 1.165) is 24.9 Å². The third kappa shape index (κ3) is 4.02. The Morgan fingerprint density at radius 2 is 2.15 bits per heavy atom. The number of nitrogens with zero attached hydrogens (tertiary/aromatic N) is 3. The molecule has 2 aromatic rings. The molecule has 7 heteroatoms. The van der Waals surface area contributed by atoms with Gasteiger partial charge in [-0.15, -0.1) is 10.2 Å². The lowest BCUT2D eigenvalue weighted by molar-refractivity contribution is -0.129. The van der Waals surface area contributed by atoms with Crippen LogP contribution in [-0.4, -0.2) is 39.3 Å². The van der Waals surface area contributed by atoms with Crippen molar-refractivity contribution in [1.29, 1.82) is 0 Å². The van der Waals surface area contributed by atoms with Crippen LogP contribution >= 0.6 is 23.4 Å². The molecule has 2 atom stereocenters. The summed E-state index contributed by atoms with van der Waals surface area (Å²) in [6.45, 7) is 7.81. The van der Waals surface area contributed by atoms with Gasteiger partial charge in [-0.1, -0.05) is 50.2 Å². The number of halogens is 1. The summed E-state index contributed by atoms with van der Waals surface area (Å²) in [5.74, 6) is 0.900. The second-order valence-electron chi connectivity index (χ2n) is 8.91. The van der Waals surface area contributed by atoms with E-state index in [9.17, 15) is 4.79 Å². The minimum absolute atomic E-state index is 0.161. The Balaban J connectivity index is 1.39. The Kier molecular flexibility index (Phi) is 4.75. The van der Waals surface area contributed by atoms with Gasteiger partial charge in [-0.25, -0.2) is 0 Å². The van der Waals surface area contributed by atoms with Crippen LogP contribution in [0.3, 0.4) is 0 Å². The van der Waals surface area contributed by atoms with Crippen molar-refractivity contribution in [2.45, 2.75) is 51.3 Å². The van der Waals surface area contributed by atoms with E-state index in [4.69, 9.17) is 16.0 Å². The molecule has 0 N–H and O–H groups in total. The second kappa shape index (κ2) is 6.82. The van der Waals surface area contributed by atoms with E-state index in [1.807, 2.05) is 12.1 Å². The number of hydrogen-bond acceptors (Lipinski definition) is 5. The molecule has 4 rings (SSSR count). The van der Waals surface area contributed by atoms with Crippen molar-refractivity contribution in [2.75, 3.05) is 12.3 Å². The normalized spacial score (nSPS) is 26.4. The van der Waals surface area contributed by atoms with Crippen molar-refractivity contribution in [3.63, 3.8) is 0 Å². The molecule has 2 heterocycles. The minimum Gasteiger partial charge on any atom is -0.411 e. The van der Waals surface area contributed by atoms with Crippen molar-refractivity contribution in [1.82, 2.24) is 15.1 Å². The molecule has 1 saturated heterocycles. The minimum atomic E-state index is 0.161. The van der Waals surface area contributed by atoms with E-state index in [1.54, 1.807) is 12.1 Å². The van der Waals surface area contributed by atoms with Gasteiger partial charge in [-0.05, 0) is 48.3 Å². The van der Waals surface area contributed by atoms with Crippen molar-refractivity contribution < 1.29 is 9.21 Å². The van der Waals surface area contributed by atoms with Gasteiger partial charge in [0.15, 0.2) is 0 Å². The Bertz CT molecular complexity index is 868. The number of benzene rings is 1. The third-order valence-corrected chi connectivity index (χ3v) is 6.57. The summed E-state index contributed by atoms with van der Waals surface area (Å²) in [6, 6.07) is 7.64. The van der Waals surface area contributed by atoms with Crippen LogP contribution in [0.25, 0.3) is 11.5 Å². The van der Waals surface area contributed by atoms with Gasteiger partial charge in [0.1, 0.15) is 0 Å². The molecule has 2 aliphatic rings. The van der Waals surface area contributed by atoms with Crippen molar-refractivity contribution in [3.05, 3.63) is 29.3 Å². The molecule has 5 nitrogen and oxygen atoms in total. The Morgan fingerprint density at radius 1 is 1.33 bits per heavy atom. The lowest BCUT2D eigenvalue weighted by atomic mass is 9.65. The van der Waals surface area contributed by atoms with Gasteiger partial charge in [0.2, 0.25) is 11.8 Å². The molecule has 0 spiro atoms. The fourth-order valence-corrected chi connectivity index (χ4v) is 5.80. The van der Waals surface area contributed by atoms with Crippen LogP contribution in [0.2, 0.25) is 5.02 Å². The molecule has 1 aliphatic carbocycles. The molecule has 144 valence electrons. The molecule has 1 saturated carbocycles. The number of amides is 1. The van der Waals surface area contributed by atoms with Gasteiger partial charge in [0.05, 0.1) is 5.75 Å². The first kappa shape index (κ1) is 18.8. The van der Waals surface area contributed by atoms with Crippen LogP contribution in [0, 0.1) is 10.8 Å². The molecule has 1 amide bonds. The zero-order chi connectivity index (χ0) is 19.2. The van der Waals surface area contributed by atoms with E-state index in [2.05, 4.69) is 35.9 Å². The largest absolute Gasteiger partial charge is 0.411 e. The first-order valence-corrected chi connectivity index (χ1v) is 10.6. The molecule has 1 aliphatic heterocycles. The molecule has 27 heavy (non-hydrogen) atoms. The monoisotopic (exact) mass is 405 g/mol. The maximum atomic E-state index is 12.8. The Hall–Kier alpha value is -1.53. The molecular weight excluding hydrogens is 382 g/mol. The van der Waals surface area contributed by atoms with Gasteiger partial charge in [0.25, 0.3) is 5.22 Å². The summed E-state index contributed by atoms with van der Waals surface area (Å²) in [7, 11) is 0. The van der Waals surface area contributed by atoms with Gasteiger partial charge >= 0.3 is 0 Å². The smallest absolute Gasteiger partial charge is 0.277 e. The van der Waals surface area contributed by atoms with Gasteiger partial charge < -0.3 is 9.32 Å².